The molecule has 0 aliphatic heterocycles. The van der Waals surface area contributed by atoms with Crippen LogP contribution in [0.25, 0.3) is 0 Å². The zero-order valence-corrected chi connectivity index (χ0v) is 21.5. The third kappa shape index (κ3) is 9.95. The van der Waals surface area contributed by atoms with Crippen LogP contribution in [-0.4, -0.2) is 93.4 Å². The van der Waals surface area contributed by atoms with E-state index in [0.717, 1.165) is 0 Å². The second-order valence-electron chi connectivity index (χ2n) is 8.90. The fraction of sp³-hybridized carbons (Fsp3) is 0.542. The summed E-state index contributed by atoms with van der Waals surface area (Å²) < 4.78 is 0. The lowest BCUT2D eigenvalue weighted by Gasteiger charge is -2.27. The van der Waals surface area contributed by atoms with Crippen LogP contribution in [0.15, 0.2) is 24.3 Å². The van der Waals surface area contributed by atoms with E-state index in [1.54, 1.807) is 13.8 Å². The molecule has 10 N–H and O–H groups in total. The summed E-state index contributed by atoms with van der Waals surface area (Å²) in [5.41, 5.74) is 6.11. The molecular formula is C24H37N5O9. The molecule has 0 spiro atoms. The van der Waals surface area contributed by atoms with Crippen molar-refractivity contribution in [3.8, 4) is 5.75 Å². The van der Waals surface area contributed by atoms with E-state index in [1.807, 2.05) is 0 Å². The first-order valence-corrected chi connectivity index (χ1v) is 12.0. The van der Waals surface area contributed by atoms with Gasteiger partial charge in [0.2, 0.25) is 23.6 Å². The van der Waals surface area contributed by atoms with Crippen molar-refractivity contribution in [2.75, 3.05) is 13.2 Å². The number of phenols is 1. The molecule has 0 aromatic heterocycles. The van der Waals surface area contributed by atoms with Crippen molar-refractivity contribution in [3.63, 3.8) is 0 Å². The highest BCUT2D eigenvalue weighted by atomic mass is 16.4. The molecule has 212 valence electrons. The van der Waals surface area contributed by atoms with E-state index in [0.29, 0.717) is 12.0 Å². The summed E-state index contributed by atoms with van der Waals surface area (Å²) in [6.07, 6.45) is 0.418. The molecule has 0 saturated carbocycles. The molecule has 0 heterocycles. The first kappa shape index (κ1) is 32.3. The van der Waals surface area contributed by atoms with Crippen molar-refractivity contribution >= 4 is 29.6 Å². The van der Waals surface area contributed by atoms with Gasteiger partial charge in [0.05, 0.1) is 13.2 Å². The highest BCUT2D eigenvalue weighted by Gasteiger charge is 2.32. The van der Waals surface area contributed by atoms with E-state index in [1.165, 1.54) is 31.2 Å². The zero-order valence-electron chi connectivity index (χ0n) is 21.5. The monoisotopic (exact) mass is 539 g/mol. The summed E-state index contributed by atoms with van der Waals surface area (Å²) in [5.74, 6) is -4.99. The van der Waals surface area contributed by atoms with E-state index in [9.17, 15) is 34.2 Å². The van der Waals surface area contributed by atoms with Gasteiger partial charge >= 0.3 is 5.97 Å². The van der Waals surface area contributed by atoms with Crippen LogP contribution in [-0.2, 0) is 30.4 Å². The van der Waals surface area contributed by atoms with E-state index < -0.39 is 78.9 Å². The van der Waals surface area contributed by atoms with Gasteiger partial charge in [0.1, 0.15) is 36.0 Å². The van der Waals surface area contributed by atoms with Gasteiger partial charge in [-0.2, -0.15) is 0 Å². The van der Waals surface area contributed by atoms with Gasteiger partial charge in [0.25, 0.3) is 0 Å². The average Bonchev–Trinajstić information content (AvgIpc) is 2.89. The highest BCUT2D eigenvalue weighted by Crippen LogP contribution is 2.12. The fourth-order valence-corrected chi connectivity index (χ4v) is 3.25. The minimum Gasteiger partial charge on any atom is -0.508 e. The van der Waals surface area contributed by atoms with Crippen molar-refractivity contribution in [1.82, 2.24) is 21.3 Å². The SMILES string of the molecule is CC[C@H](C)[C@H](NC(=O)[C@H](C)NC(=O)[C@H](Cc1ccc(O)cc1)NC(=O)[C@@H](N)CO)C(=O)N[C@@H](CO)C(=O)O. The number of amides is 4. The van der Waals surface area contributed by atoms with Gasteiger partial charge in [0.15, 0.2) is 0 Å². The van der Waals surface area contributed by atoms with Crippen LogP contribution in [0, 0.1) is 5.92 Å². The number of carbonyl (C=O) groups is 5. The number of rotatable bonds is 15. The molecule has 0 aliphatic rings. The van der Waals surface area contributed by atoms with Crippen molar-refractivity contribution in [2.45, 2.75) is 63.8 Å². The summed E-state index contributed by atoms with van der Waals surface area (Å²) in [6, 6.07) is -0.510. The second kappa shape index (κ2) is 15.5. The maximum atomic E-state index is 13.0. The fourth-order valence-electron chi connectivity index (χ4n) is 3.25. The summed E-state index contributed by atoms with van der Waals surface area (Å²) in [4.78, 5) is 61.9. The second-order valence-corrected chi connectivity index (χ2v) is 8.90. The van der Waals surface area contributed by atoms with Crippen LogP contribution < -0.4 is 27.0 Å². The number of aliphatic hydroxyl groups is 2. The predicted octanol–water partition coefficient (Wildman–Crippen LogP) is -2.66. The van der Waals surface area contributed by atoms with Crippen LogP contribution in [0.1, 0.15) is 32.8 Å². The molecular weight excluding hydrogens is 502 g/mol. The molecule has 14 heteroatoms. The Balaban J connectivity index is 3.00. The number of nitrogens with two attached hydrogens (primary N) is 1. The molecule has 0 bridgehead atoms. The van der Waals surface area contributed by atoms with Gasteiger partial charge in [0, 0.05) is 6.42 Å². The van der Waals surface area contributed by atoms with E-state index in [2.05, 4.69) is 21.3 Å². The van der Waals surface area contributed by atoms with Crippen molar-refractivity contribution in [1.29, 1.82) is 0 Å². The molecule has 1 rings (SSSR count). The summed E-state index contributed by atoms with van der Waals surface area (Å²) in [5, 5.41) is 46.4. The Morgan fingerprint density at radius 3 is 1.89 bits per heavy atom. The number of carboxylic acid groups (broad SMARTS) is 1. The molecule has 1 aromatic rings. The number of aromatic hydroxyl groups is 1. The van der Waals surface area contributed by atoms with Gasteiger partial charge < -0.3 is 47.4 Å². The molecule has 0 saturated heterocycles. The van der Waals surface area contributed by atoms with Crippen molar-refractivity contribution in [3.05, 3.63) is 29.8 Å². The summed E-state index contributed by atoms with van der Waals surface area (Å²) >= 11 is 0. The number of phenolic OH excluding ortho intramolecular Hbond substituents is 1. The Morgan fingerprint density at radius 2 is 1.39 bits per heavy atom. The molecule has 0 aliphatic carbocycles. The maximum Gasteiger partial charge on any atom is 0.328 e. The minimum absolute atomic E-state index is 0.0000501. The molecule has 14 nitrogen and oxygen atoms in total. The Bertz CT molecular complexity index is 973. The molecule has 38 heavy (non-hydrogen) atoms. The summed E-state index contributed by atoms with van der Waals surface area (Å²) in [6.45, 7) is 3.28. The van der Waals surface area contributed by atoms with Crippen molar-refractivity contribution in [2.24, 2.45) is 11.7 Å². The van der Waals surface area contributed by atoms with Gasteiger partial charge in [-0.15, -0.1) is 0 Å². The van der Waals surface area contributed by atoms with Crippen LogP contribution in [0.4, 0.5) is 0 Å². The Hall–Kier alpha value is -3.75. The first-order chi connectivity index (χ1) is 17.8. The van der Waals surface area contributed by atoms with E-state index >= 15 is 0 Å². The van der Waals surface area contributed by atoms with Gasteiger partial charge in [-0.25, -0.2) is 4.79 Å². The molecule has 6 atom stereocenters. The van der Waals surface area contributed by atoms with E-state index in [4.69, 9.17) is 15.9 Å². The quantitative estimate of drug-likeness (QED) is 0.112. The van der Waals surface area contributed by atoms with Crippen LogP contribution in [0.5, 0.6) is 5.75 Å². The molecule has 0 fully saturated rings. The van der Waals surface area contributed by atoms with E-state index in [-0.39, 0.29) is 12.2 Å². The van der Waals surface area contributed by atoms with Crippen LogP contribution in [0.2, 0.25) is 0 Å². The van der Waals surface area contributed by atoms with Gasteiger partial charge in [-0.05, 0) is 30.5 Å². The third-order valence-electron chi connectivity index (χ3n) is 5.89. The molecule has 1 aromatic carbocycles. The van der Waals surface area contributed by atoms with Crippen molar-refractivity contribution < 1.29 is 44.4 Å². The number of hydrogen-bond donors (Lipinski definition) is 9. The lowest BCUT2D eigenvalue weighted by atomic mass is 9.97. The van der Waals surface area contributed by atoms with Gasteiger partial charge in [-0.3, -0.25) is 19.2 Å². The number of hydrogen-bond acceptors (Lipinski definition) is 9. The standard InChI is InChI=1S/C24H37N5O9/c1-4-12(2)19(23(36)28-18(11-31)24(37)38)29-20(33)13(3)26-22(35)17(27-21(34)16(25)10-30)9-14-5-7-15(32)8-6-14/h5-8,12-13,16-19,30-32H,4,9-11,25H2,1-3H3,(H,26,35)(H,27,34)(H,28,36)(H,29,33)(H,37,38)/t12-,13-,16-,17-,18-,19-/m0/s1. The molecule has 4 amide bonds. The smallest absolute Gasteiger partial charge is 0.328 e. The van der Waals surface area contributed by atoms with Crippen LogP contribution >= 0.6 is 0 Å². The Labute approximate surface area is 220 Å². The van der Waals surface area contributed by atoms with Crippen LogP contribution in [0.3, 0.4) is 0 Å². The highest BCUT2D eigenvalue weighted by molar-refractivity contribution is 5.95. The maximum absolute atomic E-state index is 13.0. The number of nitrogens with one attached hydrogen (secondary N) is 4. The van der Waals surface area contributed by atoms with Gasteiger partial charge in [-0.1, -0.05) is 32.4 Å². The predicted molar refractivity (Wildman–Crippen MR) is 134 cm³/mol. The molecule has 0 radical (unpaired) electrons. The summed E-state index contributed by atoms with van der Waals surface area (Å²) in [7, 11) is 0. The largest absolute Gasteiger partial charge is 0.508 e. The number of carbonyl (C=O) groups excluding carboxylic acids is 4. The normalized spacial score (nSPS) is 15.6. The zero-order chi connectivity index (χ0) is 29.0. The Kier molecular flexibility index (Phi) is 13.2. The number of aliphatic carboxylic acids is 1. The number of aliphatic hydroxyl groups excluding tert-OH is 2. The molecule has 0 unspecified atom stereocenters. The topological polar surface area (TPSA) is 240 Å². The third-order valence-corrected chi connectivity index (χ3v) is 5.89. The lowest BCUT2D eigenvalue weighted by molar-refractivity contribution is -0.143. The Morgan fingerprint density at radius 1 is 0.816 bits per heavy atom. The minimum atomic E-state index is -1.56. The average molecular weight is 540 g/mol. The lowest BCUT2D eigenvalue weighted by Crippen LogP contribution is -2.59. The first-order valence-electron chi connectivity index (χ1n) is 12.0. The number of carboxylic acids is 1. The number of benzene rings is 1.